The lowest BCUT2D eigenvalue weighted by molar-refractivity contribution is -0.300. The van der Waals surface area contributed by atoms with Crippen molar-refractivity contribution < 1.29 is 44.9 Å². The summed E-state index contributed by atoms with van der Waals surface area (Å²) >= 11 is 0. The Morgan fingerprint density at radius 1 is 1.10 bits per heavy atom. The molecule has 7 atom stereocenters. The van der Waals surface area contributed by atoms with Gasteiger partial charge in [-0.25, -0.2) is 0 Å². The SMILES string of the molecule is Cc1cc2c(c(C)c1CCO[C@@H]1O[C@H](CO)[C@@H](O)[C@H](O)[C@H]1O)C(=O)[C@](C)(CO)[C@H]2O. The van der Waals surface area contributed by atoms with E-state index < -0.39 is 55.4 Å². The highest BCUT2D eigenvalue weighted by Crippen LogP contribution is 2.47. The Kier molecular flexibility index (Phi) is 6.66. The smallest absolute Gasteiger partial charge is 0.186 e. The highest BCUT2D eigenvalue weighted by atomic mass is 16.7. The van der Waals surface area contributed by atoms with Crippen molar-refractivity contribution in [2.24, 2.45) is 5.41 Å². The zero-order valence-corrected chi connectivity index (χ0v) is 17.3. The van der Waals surface area contributed by atoms with Gasteiger partial charge in [0.1, 0.15) is 24.4 Å². The number of hydrogen-bond donors (Lipinski definition) is 6. The summed E-state index contributed by atoms with van der Waals surface area (Å²) in [4.78, 5) is 12.9. The molecule has 0 radical (unpaired) electrons. The molecule has 30 heavy (non-hydrogen) atoms. The van der Waals surface area contributed by atoms with Gasteiger partial charge in [-0.2, -0.15) is 0 Å². The van der Waals surface area contributed by atoms with Gasteiger partial charge in [0.05, 0.1) is 31.3 Å². The molecule has 6 N–H and O–H groups in total. The monoisotopic (exact) mass is 426 g/mol. The van der Waals surface area contributed by atoms with Crippen LogP contribution in [0.4, 0.5) is 0 Å². The summed E-state index contributed by atoms with van der Waals surface area (Å²) < 4.78 is 10.9. The first-order valence-corrected chi connectivity index (χ1v) is 9.97. The Bertz CT molecular complexity index is 808. The summed E-state index contributed by atoms with van der Waals surface area (Å²) in [5.74, 6) is -0.305. The van der Waals surface area contributed by atoms with Crippen molar-refractivity contribution in [2.45, 2.75) is 64.0 Å². The van der Waals surface area contributed by atoms with Crippen LogP contribution in [0.15, 0.2) is 6.07 Å². The topological polar surface area (TPSA) is 157 Å². The summed E-state index contributed by atoms with van der Waals surface area (Å²) in [5.41, 5.74) is 2.02. The molecule has 0 unspecified atom stereocenters. The number of ether oxygens (including phenoxy) is 2. The van der Waals surface area contributed by atoms with Gasteiger partial charge in [-0.3, -0.25) is 4.79 Å². The highest BCUT2D eigenvalue weighted by molar-refractivity contribution is 6.07. The molecular formula is C21H30O9. The molecule has 9 nitrogen and oxygen atoms in total. The standard InChI is InChI=1S/C21H30O9/c1-9-6-12-14(19(28)21(3,8-23)18(12)27)10(2)11(9)4-5-29-20-17(26)16(25)15(24)13(7-22)30-20/h6,13,15-18,20,22-27H,4-5,7-8H2,1-3H3/t13-,15-,16+,17-,18+,20-,21-/m1/s1. The van der Waals surface area contributed by atoms with Crippen molar-refractivity contribution in [1.29, 1.82) is 0 Å². The largest absolute Gasteiger partial charge is 0.395 e. The maximum Gasteiger partial charge on any atom is 0.186 e. The fourth-order valence-electron chi connectivity index (χ4n) is 4.35. The Hall–Kier alpha value is -1.43. The van der Waals surface area contributed by atoms with Crippen molar-refractivity contribution in [3.8, 4) is 0 Å². The first-order chi connectivity index (χ1) is 14.1. The summed E-state index contributed by atoms with van der Waals surface area (Å²) in [6.45, 7) is 4.25. The van der Waals surface area contributed by atoms with Crippen LogP contribution in [0, 0.1) is 19.3 Å². The number of carbonyl (C=O) groups is 1. The van der Waals surface area contributed by atoms with Crippen LogP contribution < -0.4 is 0 Å². The second kappa shape index (κ2) is 8.60. The second-order valence-electron chi connectivity index (χ2n) is 8.39. The lowest BCUT2D eigenvalue weighted by Crippen LogP contribution is -2.59. The third-order valence-corrected chi connectivity index (χ3v) is 6.42. The summed E-state index contributed by atoms with van der Waals surface area (Å²) in [6.07, 6.45) is -7.44. The van der Waals surface area contributed by atoms with Gasteiger partial charge in [-0.15, -0.1) is 0 Å². The lowest BCUT2D eigenvalue weighted by Gasteiger charge is -2.39. The van der Waals surface area contributed by atoms with Gasteiger partial charge in [0, 0.05) is 5.56 Å². The Morgan fingerprint density at radius 2 is 1.77 bits per heavy atom. The molecule has 1 aliphatic carbocycles. The van der Waals surface area contributed by atoms with Crippen LogP contribution in [-0.2, 0) is 15.9 Å². The van der Waals surface area contributed by atoms with Gasteiger partial charge in [0.25, 0.3) is 0 Å². The number of fused-ring (bicyclic) bond motifs is 1. The molecule has 1 aromatic rings. The van der Waals surface area contributed by atoms with E-state index in [0.29, 0.717) is 23.1 Å². The van der Waals surface area contributed by atoms with Gasteiger partial charge < -0.3 is 40.1 Å². The maximum atomic E-state index is 12.9. The molecule has 1 aliphatic heterocycles. The molecule has 9 heteroatoms. The molecule has 1 aromatic carbocycles. The molecular weight excluding hydrogens is 396 g/mol. The summed E-state index contributed by atoms with van der Waals surface area (Å²) in [7, 11) is 0. The van der Waals surface area contributed by atoms with E-state index >= 15 is 0 Å². The first-order valence-electron chi connectivity index (χ1n) is 9.97. The number of benzene rings is 1. The maximum absolute atomic E-state index is 12.9. The van der Waals surface area contributed by atoms with E-state index in [1.165, 1.54) is 6.92 Å². The highest BCUT2D eigenvalue weighted by Gasteiger charge is 2.50. The molecule has 0 bridgehead atoms. The van der Waals surface area contributed by atoms with E-state index in [9.17, 15) is 35.4 Å². The third-order valence-electron chi connectivity index (χ3n) is 6.42. The van der Waals surface area contributed by atoms with Crippen LogP contribution in [0.25, 0.3) is 0 Å². The Balaban J connectivity index is 1.76. The summed E-state index contributed by atoms with van der Waals surface area (Å²) in [6, 6.07) is 1.75. The van der Waals surface area contributed by atoms with Crippen LogP contribution in [0.3, 0.4) is 0 Å². The number of aryl methyl sites for hydroxylation is 1. The predicted octanol–water partition coefficient (Wildman–Crippen LogP) is -1.11. The molecule has 0 amide bonds. The van der Waals surface area contributed by atoms with Crippen molar-refractivity contribution in [2.75, 3.05) is 19.8 Å². The van der Waals surface area contributed by atoms with Crippen molar-refractivity contribution in [3.05, 3.63) is 33.9 Å². The minimum atomic E-state index is -1.51. The van der Waals surface area contributed by atoms with E-state index in [1.807, 2.05) is 6.92 Å². The number of aliphatic hydroxyl groups is 6. The fourth-order valence-corrected chi connectivity index (χ4v) is 4.35. The molecule has 0 aromatic heterocycles. The molecule has 168 valence electrons. The average Bonchev–Trinajstić information content (AvgIpc) is 2.91. The van der Waals surface area contributed by atoms with Crippen molar-refractivity contribution in [1.82, 2.24) is 0 Å². The van der Waals surface area contributed by atoms with Crippen LogP contribution in [0.5, 0.6) is 0 Å². The van der Waals surface area contributed by atoms with Crippen LogP contribution in [0.2, 0.25) is 0 Å². The molecule has 1 heterocycles. The van der Waals surface area contributed by atoms with Crippen LogP contribution in [-0.4, -0.2) is 86.9 Å². The minimum Gasteiger partial charge on any atom is -0.395 e. The van der Waals surface area contributed by atoms with E-state index in [2.05, 4.69) is 0 Å². The zero-order chi connectivity index (χ0) is 22.4. The number of hydrogen-bond acceptors (Lipinski definition) is 9. The molecule has 1 fully saturated rings. The van der Waals surface area contributed by atoms with Crippen molar-refractivity contribution in [3.63, 3.8) is 0 Å². The van der Waals surface area contributed by atoms with Gasteiger partial charge >= 0.3 is 0 Å². The lowest BCUT2D eigenvalue weighted by atomic mass is 9.84. The number of carbonyl (C=O) groups excluding carboxylic acids is 1. The van der Waals surface area contributed by atoms with Gasteiger partial charge in [-0.1, -0.05) is 6.07 Å². The van der Waals surface area contributed by atoms with Crippen LogP contribution in [0.1, 0.15) is 45.6 Å². The summed E-state index contributed by atoms with van der Waals surface area (Å²) in [5, 5.41) is 59.2. The van der Waals surface area contributed by atoms with Crippen LogP contribution >= 0.6 is 0 Å². The number of aliphatic hydroxyl groups excluding tert-OH is 6. The third kappa shape index (κ3) is 3.59. The Morgan fingerprint density at radius 3 is 2.37 bits per heavy atom. The van der Waals surface area contributed by atoms with E-state index in [0.717, 1.165) is 11.1 Å². The molecule has 1 saturated heterocycles. The zero-order valence-electron chi connectivity index (χ0n) is 17.3. The molecule has 0 saturated carbocycles. The van der Waals surface area contributed by atoms with Gasteiger partial charge in [-0.05, 0) is 49.4 Å². The quantitative estimate of drug-likeness (QED) is 0.332. The molecule has 0 spiro atoms. The van der Waals surface area contributed by atoms with E-state index in [-0.39, 0.29) is 12.4 Å². The predicted molar refractivity (Wildman–Crippen MR) is 104 cm³/mol. The van der Waals surface area contributed by atoms with Gasteiger partial charge in [0.2, 0.25) is 0 Å². The number of rotatable bonds is 6. The normalized spacial score (nSPS) is 36.2. The van der Waals surface area contributed by atoms with E-state index in [1.54, 1.807) is 13.0 Å². The second-order valence-corrected chi connectivity index (χ2v) is 8.39. The molecule has 2 aliphatic rings. The Labute approximate surface area is 174 Å². The first kappa shape index (κ1) is 23.2. The number of Topliss-reactive ketones (excluding diaryl/α,β-unsaturated/α-hetero) is 1. The van der Waals surface area contributed by atoms with Gasteiger partial charge in [0.15, 0.2) is 12.1 Å². The van der Waals surface area contributed by atoms with E-state index in [4.69, 9.17) is 9.47 Å². The molecule has 3 rings (SSSR count). The average molecular weight is 426 g/mol. The fraction of sp³-hybridized carbons (Fsp3) is 0.667. The minimum absolute atomic E-state index is 0.0805. The number of ketones is 1. The van der Waals surface area contributed by atoms with Crippen molar-refractivity contribution >= 4 is 5.78 Å².